The summed E-state index contributed by atoms with van der Waals surface area (Å²) >= 11 is 4.29. The Morgan fingerprint density at radius 2 is 2.00 bits per heavy atom. The van der Waals surface area contributed by atoms with E-state index in [-0.39, 0.29) is 5.78 Å². The van der Waals surface area contributed by atoms with E-state index in [2.05, 4.69) is 17.9 Å². The number of anilines is 1. The van der Waals surface area contributed by atoms with Crippen molar-refractivity contribution in [1.29, 1.82) is 0 Å². The molecular formula is C11H13NOS. The van der Waals surface area contributed by atoms with E-state index in [4.69, 9.17) is 0 Å². The topological polar surface area (TPSA) is 29.1 Å². The minimum absolute atomic E-state index is 0.0339. The highest BCUT2D eigenvalue weighted by molar-refractivity contribution is 7.80. The third-order valence-corrected chi connectivity index (χ3v) is 2.05. The lowest BCUT2D eigenvalue weighted by Crippen LogP contribution is -1.98. The summed E-state index contributed by atoms with van der Waals surface area (Å²) in [6.45, 7) is 3.37. The van der Waals surface area contributed by atoms with Gasteiger partial charge in [0, 0.05) is 10.6 Å². The molecule has 0 aliphatic carbocycles. The quantitative estimate of drug-likeness (QED) is 0.589. The second-order valence-corrected chi connectivity index (χ2v) is 3.56. The maximum Gasteiger partial charge on any atom is 0.154 e. The summed E-state index contributed by atoms with van der Waals surface area (Å²) in [6, 6.07) is 7.65. The van der Waals surface area contributed by atoms with Crippen LogP contribution in [0, 0.1) is 0 Å². The van der Waals surface area contributed by atoms with Crippen molar-refractivity contribution >= 4 is 24.1 Å². The highest BCUT2D eigenvalue weighted by Crippen LogP contribution is 2.19. The third kappa shape index (κ3) is 3.26. The minimum Gasteiger partial charge on any atom is -0.358 e. The Morgan fingerprint density at radius 3 is 2.57 bits per heavy atom. The van der Waals surface area contributed by atoms with Gasteiger partial charge < -0.3 is 5.32 Å². The predicted octanol–water partition coefficient (Wildman–Crippen LogP) is 2.88. The van der Waals surface area contributed by atoms with E-state index in [9.17, 15) is 4.79 Å². The Hall–Kier alpha value is -1.22. The summed E-state index contributed by atoms with van der Waals surface area (Å²) in [5.41, 5.74) is 1.73. The Morgan fingerprint density at radius 1 is 1.36 bits per heavy atom. The molecule has 0 unspecified atom stereocenters. The molecule has 0 aromatic heterocycles. The Labute approximate surface area is 89.4 Å². The molecule has 0 aliphatic rings. The zero-order chi connectivity index (χ0) is 10.6. The molecule has 2 nitrogen and oxygen atoms in total. The summed E-state index contributed by atoms with van der Waals surface area (Å²) in [5, 5.41) is 3.11. The smallest absolute Gasteiger partial charge is 0.154 e. The van der Waals surface area contributed by atoms with Crippen LogP contribution in [-0.2, 0) is 4.79 Å². The lowest BCUT2D eigenvalue weighted by molar-refractivity contribution is -0.112. The zero-order valence-corrected chi connectivity index (χ0v) is 9.14. The molecule has 0 radical (unpaired) electrons. The van der Waals surface area contributed by atoms with Crippen LogP contribution >= 0.6 is 12.6 Å². The van der Waals surface area contributed by atoms with Gasteiger partial charge in [-0.15, -0.1) is 12.6 Å². The van der Waals surface area contributed by atoms with Crippen molar-refractivity contribution in [3.63, 3.8) is 0 Å². The lowest BCUT2D eigenvalue weighted by Gasteiger charge is -2.07. The van der Waals surface area contributed by atoms with Gasteiger partial charge in [-0.2, -0.15) is 0 Å². The number of hydrogen-bond donors (Lipinski definition) is 2. The van der Waals surface area contributed by atoms with Crippen LogP contribution in [0.2, 0.25) is 0 Å². The molecule has 1 aromatic carbocycles. The molecule has 0 fully saturated rings. The fraction of sp³-hybridized carbons (Fsp3) is 0.182. The van der Waals surface area contributed by atoms with E-state index < -0.39 is 0 Å². The van der Waals surface area contributed by atoms with Crippen molar-refractivity contribution in [1.82, 2.24) is 0 Å². The van der Waals surface area contributed by atoms with Gasteiger partial charge in [0.05, 0.1) is 5.69 Å². The second kappa shape index (κ2) is 4.86. The average molecular weight is 207 g/mol. The van der Waals surface area contributed by atoms with Crippen LogP contribution in [0.1, 0.15) is 13.8 Å². The number of carbonyl (C=O) groups is 1. The second-order valence-electron chi connectivity index (χ2n) is 3.08. The van der Waals surface area contributed by atoms with Gasteiger partial charge in [0.25, 0.3) is 0 Å². The number of ketones is 1. The van der Waals surface area contributed by atoms with Crippen LogP contribution in [0.4, 0.5) is 5.69 Å². The van der Waals surface area contributed by atoms with Crippen LogP contribution in [0.25, 0.3) is 0 Å². The van der Waals surface area contributed by atoms with E-state index in [0.29, 0.717) is 0 Å². The van der Waals surface area contributed by atoms with Gasteiger partial charge in [-0.25, -0.2) is 0 Å². The molecule has 1 rings (SSSR count). The number of benzene rings is 1. The third-order valence-electron chi connectivity index (χ3n) is 1.66. The van der Waals surface area contributed by atoms with Crippen molar-refractivity contribution in [2.45, 2.75) is 18.7 Å². The maximum atomic E-state index is 10.8. The lowest BCUT2D eigenvalue weighted by atomic mass is 10.3. The Kier molecular flexibility index (Phi) is 3.77. The molecule has 0 saturated carbocycles. The Bertz CT molecular complexity index is 371. The summed E-state index contributed by atoms with van der Waals surface area (Å²) in [5.74, 6) is 0.0339. The standard InChI is InChI=1S/C11H13NOS/c1-8(7-9(2)13)12-10-5-3-4-6-11(10)14/h3-7,12,14H,1-2H3. The number of rotatable bonds is 3. The van der Waals surface area contributed by atoms with Gasteiger partial charge in [0.1, 0.15) is 0 Å². The van der Waals surface area contributed by atoms with Crippen LogP contribution in [0.3, 0.4) is 0 Å². The van der Waals surface area contributed by atoms with Gasteiger partial charge >= 0.3 is 0 Å². The molecule has 1 N–H and O–H groups in total. The SMILES string of the molecule is CC(=O)C=C(C)Nc1ccccc1S. The molecule has 0 heterocycles. The van der Waals surface area contributed by atoms with E-state index in [1.807, 2.05) is 31.2 Å². The molecule has 3 heteroatoms. The van der Waals surface area contributed by atoms with Gasteiger partial charge in [-0.05, 0) is 32.1 Å². The molecule has 0 atom stereocenters. The molecule has 0 bridgehead atoms. The van der Waals surface area contributed by atoms with E-state index in [0.717, 1.165) is 16.3 Å². The fourth-order valence-electron chi connectivity index (χ4n) is 1.13. The highest BCUT2D eigenvalue weighted by atomic mass is 32.1. The number of hydrogen-bond acceptors (Lipinski definition) is 3. The van der Waals surface area contributed by atoms with E-state index >= 15 is 0 Å². The maximum absolute atomic E-state index is 10.8. The van der Waals surface area contributed by atoms with Crippen molar-refractivity contribution in [3.8, 4) is 0 Å². The van der Waals surface area contributed by atoms with Crippen molar-refractivity contribution in [2.24, 2.45) is 0 Å². The average Bonchev–Trinajstić information content (AvgIpc) is 2.07. The fourth-order valence-corrected chi connectivity index (χ4v) is 1.35. The summed E-state index contributed by atoms with van der Waals surface area (Å²) in [6.07, 6.45) is 1.56. The van der Waals surface area contributed by atoms with Crippen LogP contribution in [0.15, 0.2) is 40.9 Å². The first kappa shape index (κ1) is 10.9. The Balaban J connectivity index is 2.79. The van der Waals surface area contributed by atoms with E-state index in [1.165, 1.54) is 6.92 Å². The number of allylic oxidation sites excluding steroid dienone is 2. The number of carbonyl (C=O) groups excluding carboxylic acids is 1. The van der Waals surface area contributed by atoms with Gasteiger partial charge in [0.15, 0.2) is 5.78 Å². The molecule has 0 spiro atoms. The monoisotopic (exact) mass is 207 g/mol. The number of nitrogens with one attached hydrogen (secondary N) is 1. The molecular weight excluding hydrogens is 194 g/mol. The summed E-state index contributed by atoms with van der Waals surface area (Å²) in [7, 11) is 0. The predicted molar refractivity (Wildman–Crippen MR) is 61.8 cm³/mol. The molecule has 1 aromatic rings. The zero-order valence-electron chi connectivity index (χ0n) is 8.24. The highest BCUT2D eigenvalue weighted by Gasteiger charge is 1.97. The van der Waals surface area contributed by atoms with E-state index in [1.54, 1.807) is 6.08 Å². The van der Waals surface area contributed by atoms with Crippen molar-refractivity contribution < 1.29 is 4.79 Å². The van der Waals surface area contributed by atoms with Gasteiger partial charge in [0.2, 0.25) is 0 Å². The summed E-state index contributed by atoms with van der Waals surface area (Å²) < 4.78 is 0. The van der Waals surface area contributed by atoms with Crippen LogP contribution in [0.5, 0.6) is 0 Å². The number of para-hydroxylation sites is 1. The molecule has 74 valence electrons. The first-order chi connectivity index (χ1) is 6.59. The molecule has 14 heavy (non-hydrogen) atoms. The van der Waals surface area contributed by atoms with Crippen molar-refractivity contribution in [3.05, 3.63) is 36.0 Å². The molecule has 0 saturated heterocycles. The minimum atomic E-state index is 0.0339. The normalized spacial score (nSPS) is 11.2. The van der Waals surface area contributed by atoms with Crippen LogP contribution in [-0.4, -0.2) is 5.78 Å². The molecule has 0 amide bonds. The number of thiol groups is 1. The van der Waals surface area contributed by atoms with Crippen molar-refractivity contribution in [2.75, 3.05) is 5.32 Å². The molecule has 0 aliphatic heterocycles. The van der Waals surface area contributed by atoms with Gasteiger partial charge in [-0.1, -0.05) is 12.1 Å². The van der Waals surface area contributed by atoms with Gasteiger partial charge in [-0.3, -0.25) is 4.79 Å². The summed E-state index contributed by atoms with van der Waals surface area (Å²) in [4.78, 5) is 11.7. The largest absolute Gasteiger partial charge is 0.358 e. The first-order valence-corrected chi connectivity index (χ1v) is 4.78. The first-order valence-electron chi connectivity index (χ1n) is 4.33. The van der Waals surface area contributed by atoms with Crippen LogP contribution < -0.4 is 5.32 Å².